The highest BCUT2D eigenvalue weighted by Gasteiger charge is 2.21. The van der Waals surface area contributed by atoms with Crippen molar-refractivity contribution in [3.63, 3.8) is 0 Å². The lowest BCUT2D eigenvalue weighted by Gasteiger charge is -2.15. The van der Waals surface area contributed by atoms with Gasteiger partial charge in [0.15, 0.2) is 17.3 Å². The van der Waals surface area contributed by atoms with E-state index in [1.54, 1.807) is 20.3 Å². The van der Waals surface area contributed by atoms with Crippen molar-refractivity contribution >= 4 is 5.78 Å². The van der Waals surface area contributed by atoms with E-state index in [2.05, 4.69) is 5.10 Å². The highest BCUT2D eigenvalue weighted by Crippen LogP contribution is 2.41. The zero-order chi connectivity index (χ0) is 15.7. The average Bonchev–Trinajstić information content (AvgIpc) is 2.70. The number of carbonyl (C=O) groups is 1. The highest BCUT2D eigenvalue weighted by molar-refractivity contribution is 5.97. The number of aromatic nitrogens is 2. The average molecular weight is 288 g/mol. The number of hydrogen-bond donors (Lipinski definition) is 0. The predicted octanol–water partition coefficient (Wildman–Crippen LogP) is 2.92. The Kier molecular flexibility index (Phi) is 4.02. The Hall–Kier alpha value is -2.30. The van der Waals surface area contributed by atoms with Gasteiger partial charge in [0, 0.05) is 29.4 Å². The fourth-order valence-electron chi connectivity index (χ4n) is 2.52. The minimum atomic E-state index is -0.0172. The summed E-state index contributed by atoms with van der Waals surface area (Å²) < 4.78 is 12.7. The Bertz CT molecular complexity index is 702. The molecule has 0 aliphatic carbocycles. The molecule has 21 heavy (non-hydrogen) atoms. The van der Waals surface area contributed by atoms with Crippen LogP contribution < -0.4 is 9.47 Å². The first-order valence-corrected chi connectivity index (χ1v) is 6.68. The number of nitrogens with zero attached hydrogens (tertiary/aromatic N) is 2. The lowest BCUT2D eigenvalue weighted by molar-refractivity contribution is 0.101. The van der Waals surface area contributed by atoms with Gasteiger partial charge in [-0.1, -0.05) is 0 Å². The molecule has 2 rings (SSSR count). The van der Waals surface area contributed by atoms with Gasteiger partial charge in [0.1, 0.15) is 0 Å². The van der Waals surface area contributed by atoms with Crippen LogP contribution in [0.3, 0.4) is 0 Å². The maximum atomic E-state index is 11.8. The van der Waals surface area contributed by atoms with Gasteiger partial charge in [-0.05, 0) is 32.9 Å². The molecule has 0 saturated heterocycles. The molecule has 0 atom stereocenters. The molecule has 0 bridgehead atoms. The lowest BCUT2D eigenvalue weighted by atomic mass is 9.98. The Morgan fingerprint density at radius 1 is 1.19 bits per heavy atom. The summed E-state index contributed by atoms with van der Waals surface area (Å²) in [4.78, 5) is 11.8. The van der Waals surface area contributed by atoms with Crippen molar-refractivity contribution in [2.45, 2.75) is 20.8 Å². The summed E-state index contributed by atoms with van der Waals surface area (Å²) in [7, 11) is 5.05. The highest BCUT2D eigenvalue weighted by atomic mass is 16.5. The number of ketones is 1. The van der Waals surface area contributed by atoms with E-state index < -0.39 is 0 Å². The number of aryl methyl sites for hydroxylation is 2. The van der Waals surface area contributed by atoms with Gasteiger partial charge >= 0.3 is 0 Å². The van der Waals surface area contributed by atoms with Crippen LogP contribution in [0.5, 0.6) is 11.5 Å². The zero-order valence-corrected chi connectivity index (χ0v) is 13.3. The van der Waals surface area contributed by atoms with Crippen molar-refractivity contribution in [3.05, 3.63) is 29.1 Å². The molecule has 2 aromatic rings. The summed E-state index contributed by atoms with van der Waals surface area (Å²) >= 11 is 0. The van der Waals surface area contributed by atoms with Crippen molar-refractivity contribution in [1.29, 1.82) is 0 Å². The van der Waals surface area contributed by atoms with E-state index in [9.17, 15) is 4.79 Å². The van der Waals surface area contributed by atoms with Crippen molar-refractivity contribution < 1.29 is 14.3 Å². The second-order valence-electron chi connectivity index (χ2n) is 4.98. The number of carbonyl (C=O) groups excluding carboxylic acids is 1. The molecular formula is C16H20N2O3. The van der Waals surface area contributed by atoms with Gasteiger partial charge in [-0.25, -0.2) is 0 Å². The molecule has 5 nitrogen and oxygen atoms in total. The number of hydrogen-bond acceptors (Lipinski definition) is 4. The maximum absolute atomic E-state index is 11.8. The van der Waals surface area contributed by atoms with Crippen LogP contribution >= 0.6 is 0 Å². The third kappa shape index (κ3) is 2.51. The summed E-state index contributed by atoms with van der Waals surface area (Å²) in [6.07, 6.45) is 0. The number of Topliss-reactive ketones (excluding diaryl/α,β-unsaturated/α-hetero) is 1. The van der Waals surface area contributed by atoms with Crippen LogP contribution in [-0.2, 0) is 7.05 Å². The smallest absolute Gasteiger partial charge is 0.168 e. The predicted molar refractivity (Wildman–Crippen MR) is 81.2 cm³/mol. The molecule has 1 heterocycles. The van der Waals surface area contributed by atoms with Crippen LogP contribution in [-0.4, -0.2) is 29.8 Å². The van der Waals surface area contributed by atoms with Gasteiger partial charge in [-0.2, -0.15) is 5.10 Å². The second kappa shape index (κ2) is 5.60. The van der Waals surface area contributed by atoms with Crippen LogP contribution in [0.2, 0.25) is 0 Å². The van der Waals surface area contributed by atoms with Gasteiger partial charge in [0.2, 0.25) is 0 Å². The third-order valence-electron chi connectivity index (χ3n) is 3.66. The van der Waals surface area contributed by atoms with Crippen molar-refractivity contribution in [2.75, 3.05) is 14.2 Å². The molecule has 0 aliphatic heterocycles. The number of ether oxygens (including phenoxy) is 2. The fourth-order valence-corrected chi connectivity index (χ4v) is 2.52. The second-order valence-corrected chi connectivity index (χ2v) is 4.98. The van der Waals surface area contributed by atoms with Crippen molar-refractivity contribution in [2.24, 2.45) is 7.05 Å². The standard InChI is InChI=1S/C16H20N2O3/c1-9-15(10(2)18(4)17-9)13-7-12(11(3)19)8-14(20-5)16(13)21-6/h7-8H,1-6H3. The summed E-state index contributed by atoms with van der Waals surface area (Å²) in [5, 5.41) is 4.43. The molecule has 0 amide bonds. The summed E-state index contributed by atoms with van der Waals surface area (Å²) in [5.41, 5.74) is 4.27. The third-order valence-corrected chi connectivity index (χ3v) is 3.66. The molecule has 0 fully saturated rings. The van der Waals surface area contributed by atoms with Crippen molar-refractivity contribution in [1.82, 2.24) is 9.78 Å². The van der Waals surface area contributed by atoms with Crippen LogP contribution in [0.4, 0.5) is 0 Å². The van der Waals surface area contributed by atoms with E-state index in [1.165, 1.54) is 6.92 Å². The Labute approximate surface area is 124 Å². The van der Waals surface area contributed by atoms with E-state index in [1.807, 2.05) is 31.6 Å². The van der Waals surface area contributed by atoms with Crippen molar-refractivity contribution in [3.8, 4) is 22.6 Å². The maximum Gasteiger partial charge on any atom is 0.168 e. The summed E-state index contributed by atoms with van der Waals surface area (Å²) in [5.74, 6) is 1.14. The van der Waals surface area contributed by atoms with Gasteiger partial charge in [-0.15, -0.1) is 0 Å². The molecule has 112 valence electrons. The van der Waals surface area contributed by atoms with Gasteiger partial charge in [0.05, 0.1) is 19.9 Å². The lowest BCUT2D eigenvalue weighted by Crippen LogP contribution is -2.00. The largest absolute Gasteiger partial charge is 0.493 e. The van der Waals surface area contributed by atoms with Gasteiger partial charge in [-0.3, -0.25) is 9.48 Å². The molecule has 5 heteroatoms. The molecule has 0 aliphatic rings. The summed E-state index contributed by atoms with van der Waals surface area (Å²) in [6.45, 7) is 5.46. The van der Waals surface area contributed by atoms with E-state index >= 15 is 0 Å². The first-order chi connectivity index (χ1) is 9.90. The SMILES string of the molecule is COc1cc(C(C)=O)cc(-c2c(C)nn(C)c2C)c1OC. The monoisotopic (exact) mass is 288 g/mol. The van der Waals surface area contributed by atoms with E-state index in [0.717, 1.165) is 22.5 Å². The van der Waals surface area contributed by atoms with Crippen LogP contribution in [0, 0.1) is 13.8 Å². The van der Waals surface area contributed by atoms with E-state index in [-0.39, 0.29) is 5.78 Å². The first kappa shape index (κ1) is 15.1. The van der Waals surface area contributed by atoms with Crippen LogP contribution in [0.1, 0.15) is 28.7 Å². The Balaban J connectivity index is 2.82. The summed E-state index contributed by atoms with van der Waals surface area (Å²) in [6, 6.07) is 3.53. The molecule has 0 N–H and O–H groups in total. The topological polar surface area (TPSA) is 53.3 Å². The molecule has 0 spiro atoms. The first-order valence-electron chi connectivity index (χ1n) is 6.68. The minimum Gasteiger partial charge on any atom is -0.493 e. The number of rotatable bonds is 4. The fraction of sp³-hybridized carbons (Fsp3) is 0.375. The van der Waals surface area contributed by atoms with E-state index in [4.69, 9.17) is 9.47 Å². The normalized spacial score (nSPS) is 10.6. The quantitative estimate of drug-likeness (QED) is 0.812. The Morgan fingerprint density at radius 3 is 2.29 bits per heavy atom. The molecule has 0 radical (unpaired) electrons. The molecule has 1 aromatic carbocycles. The molecule has 0 saturated carbocycles. The van der Waals surface area contributed by atoms with E-state index in [0.29, 0.717) is 17.1 Å². The van der Waals surface area contributed by atoms with Crippen LogP contribution in [0.25, 0.3) is 11.1 Å². The molecule has 1 aromatic heterocycles. The van der Waals surface area contributed by atoms with Gasteiger partial charge < -0.3 is 9.47 Å². The number of benzene rings is 1. The molecular weight excluding hydrogens is 268 g/mol. The minimum absolute atomic E-state index is 0.0172. The zero-order valence-electron chi connectivity index (χ0n) is 13.3. The van der Waals surface area contributed by atoms with Crippen LogP contribution in [0.15, 0.2) is 12.1 Å². The van der Waals surface area contributed by atoms with Gasteiger partial charge in [0.25, 0.3) is 0 Å². The number of methoxy groups -OCH3 is 2. The Morgan fingerprint density at radius 2 is 1.86 bits per heavy atom. The molecule has 0 unspecified atom stereocenters.